The van der Waals surface area contributed by atoms with Gasteiger partial charge in [-0.25, -0.2) is 9.18 Å². The highest BCUT2D eigenvalue weighted by molar-refractivity contribution is 6.01. The first kappa shape index (κ1) is 20.1. The van der Waals surface area contributed by atoms with Crippen molar-refractivity contribution in [1.29, 1.82) is 0 Å². The molecule has 0 aromatic heterocycles. The molecule has 0 fully saturated rings. The summed E-state index contributed by atoms with van der Waals surface area (Å²) < 4.78 is 17.7. The molecule has 0 spiro atoms. The first-order valence-corrected chi connectivity index (χ1v) is 8.38. The zero-order valence-corrected chi connectivity index (χ0v) is 15.2. The lowest BCUT2D eigenvalue weighted by Gasteiger charge is -2.21. The molecule has 2 rings (SSSR count). The highest BCUT2D eigenvalue weighted by Gasteiger charge is 2.15. The Hall–Kier alpha value is -3.22. The number of hydrogen-bond donors (Lipinski definition) is 1. The van der Waals surface area contributed by atoms with Gasteiger partial charge in [0.05, 0.1) is 18.4 Å². The summed E-state index contributed by atoms with van der Waals surface area (Å²) in [6, 6.07) is 12.4. The second-order valence-corrected chi connectivity index (χ2v) is 5.90. The fourth-order valence-electron chi connectivity index (χ4n) is 2.49. The minimum absolute atomic E-state index is 0.0519. The van der Waals surface area contributed by atoms with Gasteiger partial charge >= 0.3 is 5.97 Å². The quantitative estimate of drug-likeness (QED) is 0.758. The number of benzene rings is 2. The van der Waals surface area contributed by atoms with Crippen LogP contribution in [0.4, 0.5) is 10.1 Å². The fourth-order valence-corrected chi connectivity index (χ4v) is 2.49. The van der Waals surface area contributed by atoms with Crippen LogP contribution in [0.1, 0.15) is 29.3 Å². The van der Waals surface area contributed by atoms with E-state index in [-0.39, 0.29) is 42.7 Å². The monoisotopic (exact) mass is 372 g/mol. The predicted molar refractivity (Wildman–Crippen MR) is 98.5 cm³/mol. The molecule has 2 aromatic carbocycles. The molecule has 1 N–H and O–H groups in total. The number of carbonyl (C=O) groups is 3. The van der Waals surface area contributed by atoms with Crippen molar-refractivity contribution >= 4 is 23.5 Å². The van der Waals surface area contributed by atoms with Crippen molar-refractivity contribution in [3.05, 3.63) is 65.5 Å². The van der Waals surface area contributed by atoms with Gasteiger partial charge in [0, 0.05) is 26.4 Å². The van der Waals surface area contributed by atoms with E-state index in [2.05, 4.69) is 5.32 Å². The molecule has 0 saturated heterocycles. The minimum Gasteiger partial charge on any atom is -0.465 e. The number of para-hydroxylation sites is 1. The lowest BCUT2D eigenvalue weighted by molar-refractivity contribution is -0.129. The van der Waals surface area contributed by atoms with Crippen molar-refractivity contribution < 1.29 is 23.5 Å². The summed E-state index contributed by atoms with van der Waals surface area (Å²) >= 11 is 0. The van der Waals surface area contributed by atoms with Gasteiger partial charge in [-0.1, -0.05) is 24.3 Å². The van der Waals surface area contributed by atoms with Crippen molar-refractivity contribution in [2.24, 2.45) is 0 Å². The van der Waals surface area contributed by atoms with Gasteiger partial charge in [0.15, 0.2) is 0 Å². The van der Waals surface area contributed by atoms with Crippen LogP contribution in [0.2, 0.25) is 0 Å². The topological polar surface area (TPSA) is 75.7 Å². The molecule has 2 aromatic rings. The number of ether oxygens (including phenoxy) is 1. The van der Waals surface area contributed by atoms with Crippen LogP contribution in [0, 0.1) is 5.82 Å². The molecule has 27 heavy (non-hydrogen) atoms. The Kier molecular flexibility index (Phi) is 7.05. The van der Waals surface area contributed by atoms with Gasteiger partial charge in [-0.15, -0.1) is 0 Å². The third-order valence-corrected chi connectivity index (χ3v) is 3.95. The van der Waals surface area contributed by atoms with Gasteiger partial charge in [0.2, 0.25) is 11.8 Å². The Morgan fingerprint density at radius 1 is 1.07 bits per heavy atom. The maximum atomic E-state index is 13.0. The average molecular weight is 372 g/mol. The number of carbonyl (C=O) groups excluding carboxylic acids is 3. The molecular weight excluding hydrogens is 351 g/mol. The molecular formula is C20H21FN2O4. The second kappa shape index (κ2) is 9.47. The predicted octanol–water partition coefficient (Wildman–Crippen LogP) is 2.99. The van der Waals surface area contributed by atoms with Gasteiger partial charge in [-0.2, -0.15) is 0 Å². The lowest BCUT2D eigenvalue weighted by atomic mass is 10.1. The number of rotatable bonds is 7. The van der Waals surface area contributed by atoms with E-state index in [0.717, 1.165) is 5.56 Å². The summed E-state index contributed by atoms with van der Waals surface area (Å²) in [6.45, 7) is 1.88. The molecule has 0 aliphatic carbocycles. The molecule has 142 valence electrons. The van der Waals surface area contributed by atoms with E-state index >= 15 is 0 Å². The molecule has 0 aliphatic heterocycles. The summed E-state index contributed by atoms with van der Waals surface area (Å²) in [5.74, 6) is -1.43. The van der Waals surface area contributed by atoms with Crippen molar-refractivity contribution in [3.63, 3.8) is 0 Å². The summed E-state index contributed by atoms with van der Waals surface area (Å²) in [6.07, 6.45) is 0.0519. The molecule has 6 nitrogen and oxygen atoms in total. The number of esters is 1. The highest BCUT2D eigenvalue weighted by atomic mass is 19.1. The lowest BCUT2D eigenvalue weighted by Crippen LogP contribution is -2.31. The summed E-state index contributed by atoms with van der Waals surface area (Å²) in [5.41, 5.74) is 1.37. The molecule has 0 aliphatic rings. The highest BCUT2D eigenvalue weighted by Crippen LogP contribution is 2.16. The Morgan fingerprint density at radius 2 is 1.74 bits per heavy atom. The van der Waals surface area contributed by atoms with Crippen LogP contribution in [0.5, 0.6) is 0 Å². The zero-order chi connectivity index (χ0) is 19.8. The van der Waals surface area contributed by atoms with Crippen LogP contribution in [0.15, 0.2) is 48.5 Å². The first-order valence-electron chi connectivity index (χ1n) is 8.38. The van der Waals surface area contributed by atoms with Crippen molar-refractivity contribution in [2.45, 2.75) is 19.9 Å². The number of amides is 2. The van der Waals surface area contributed by atoms with Crippen LogP contribution < -0.4 is 5.32 Å². The fraction of sp³-hybridized carbons (Fsp3) is 0.250. The standard InChI is InChI=1S/C20H21FN2O4/c1-14(24)23(13-15-7-9-16(21)10-8-15)12-11-19(25)22-18-6-4-3-5-17(18)20(26)27-2/h3-10H,11-13H2,1-2H3,(H,22,25). The number of anilines is 1. The SMILES string of the molecule is COC(=O)c1ccccc1NC(=O)CCN(Cc1ccc(F)cc1)C(C)=O. The van der Waals surface area contributed by atoms with Gasteiger partial charge in [0.1, 0.15) is 5.82 Å². The van der Waals surface area contributed by atoms with E-state index in [9.17, 15) is 18.8 Å². The van der Waals surface area contributed by atoms with E-state index in [1.165, 1.54) is 31.1 Å². The van der Waals surface area contributed by atoms with Crippen LogP contribution in [0.25, 0.3) is 0 Å². The van der Waals surface area contributed by atoms with E-state index in [1.807, 2.05) is 0 Å². The number of halogens is 1. The average Bonchev–Trinajstić information content (AvgIpc) is 2.66. The minimum atomic E-state index is -0.549. The second-order valence-electron chi connectivity index (χ2n) is 5.90. The van der Waals surface area contributed by atoms with E-state index < -0.39 is 5.97 Å². The summed E-state index contributed by atoms with van der Waals surface area (Å²) in [7, 11) is 1.27. The molecule has 2 amide bonds. The van der Waals surface area contributed by atoms with Crippen LogP contribution in [0.3, 0.4) is 0 Å². The molecule has 0 saturated carbocycles. The van der Waals surface area contributed by atoms with Crippen LogP contribution in [-0.2, 0) is 20.9 Å². The normalized spacial score (nSPS) is 10.2. The Morgan fingerprint density at radius 3 is 2.37 bits per heavy atom. The molecule has 0 radical (unpaired) electrons. The van der Waals surface area contributed by atoms with Crippen molar-refractivity contribution in [3.8, 4) is 0 Å². The van der Waals surface area contributed by atoms with Crippen LogP contribution >= 0.6 is 0 Å². The maximum absolute atomic E-state index is 13.0. The number of nitrogens with zero attached hydrogens (tertiary/aromatic N) is 1. The molecule has 0 heterocycles. The smallest absolute Gasteiger partial charge is 0.339 e. The van der Waals surface area contributed by atoms with Crippen molar-refractivity contribution in [1.82, 2.24) is 4.90 Å². The Balaban J connectivity index is 1.97. The summed E-state index contributed by atoms with van der Waals surface area (Å²) in [4.78, 5) is 37.3. The molecule has 0 unspecified atom stereocenters. The third kappa shape index (κ3) is 5.91. The van der Waals surface area contributed by atoms with Gasteiger partial charge in [-0.3, -0.25) is 9.59 Å². The maximum Gasteiger partial charge on any atom is 0.339 e. The van der Waals surface area contributed by atoms with Gasteiger partial charge in [-0.05, 0) is 29.8 Å². The molecule has 0 bridgehead atoms. The zero-order valence-electron chi connectivity index (χ0n) is 15.2. The van der Waals surface area contributed by atoms with Crippen LogP contribution in [-0.4, -0.2) is 36.3 Å². The number of hydrogen-bond acceptors (Lipinski definition) is 4. The largest absolute Gasteiger partial charge is 0.465 e. The van der Waals surface area contributed by atoms with E-state index in [4.69, 9.17) is 4.74 Å². The van der Waals surface area contributed by atoms with E-state index in [1.54, 1.807) is 36.4 Å². The molecule has 0 atom stereocenters. The molecule has 7 heteroatoms. The first-order chi connectivity index (χ1) is 12.9. The van der Waals surface area contributed by atoms with Crippen molar-refractivity contribution in [2.75, 3.05) is 19.0 Å². The number of nitrogens with one attached hydrogen (secondary N) is 1. The van der Waals surface area contributed by atoms with E-state index in [0.29, 0.717) is 5.69 Å². The third-order valence-electron chi connectivity index (χ3n) is 3.95. The number of methoxy groups -OCH3 is 1. The Bertz CT molecular complexity index is 821. The summed E-state index contributed by atoms with van der Waals surface area (Å²) in [5, 5.41) is 2.66. The van der Waals surface area contributed by atoms with Gasteiger partial charge < -0.3 is 15.0 Å². The Labute approximate surface area is 156 Å². The van der Waals surface area contributed by atoms with Gasteiger partial charge in [0.25, 0.3) is 0 Å².